The first-order valence-electron chi connectivity index (χ1n) is 11.6. The Balaban J connectivity index is 1.37. The Labute approximate surface area is 202 Å². The van der Waals surface area contributed by atoms with E-state index in [0.717, 1.165) is 6.42 Å². The van der Waals surface area contributed by atoms with E-state index < -0.39 is 5.91 Å². The third-order valence-corrected chi connectivity index (χ3v) is 8.28. The summed E-state index contributed by atoms with van der Waals surface area (Å²) in [5.41, 5.74) is 1.12. The van der Waals surface area contributed by atoms with Gasteiger partial charge in [-0.1, -0.05) is 48.0 Å². The average molecular weight is 475 g/mol. The van der Waals surface area contributed by atoms with Gasteiger partial charge in [0.15, 0.2) is 5.78 Å². The highest BCUT2D eigenvalue weighted by Gasteiger charge is 2.67. The molecule has 6 nitrogen and oxygen atoms in total. The number of anilines is 1. The number of ketones is 1. The van der Waals surface area contributed by atoms with Gasteiger partial charge >= 0.3 is 0 Å². The molecule has 1 aliphatic heterocycles. The lowest BCUT2D eigenvalue weighted by molar-refractivity contribution is -0.140. The highest BCUT2D eigenvalue weighted by Crippen LogP contribution is 2.65. The van der Waals surface area contributed by atoms with Crippen molar-refractivity contribution in [3.05, 3.63) is 76.8 Å². The second-order valence-corrected chi connectivity index (χ2v) is 10.1. The lowest BCUT2D eigenvalue weighted by Gasteiger charge is -2.37. The summed E-state index contributed by atoms with van der Waals surface area (Å²) < 4.78 is 0. The van der Waals surface area contributed by atoms with Gasteiger partial charge in [-0.05, 0) is 61.3 Å². The predicted molar refractivity (Wildman–Crippen MR) is 126 cm³/mol. The zero-order valence-corrected chi connectivity index (χ0v) is 19.3. The molecule has 1 heterocycles. The van der Waals surface area contributed by atoms with Gasteiger partial charge in [0.1, 0.15) is 6.67 Å². The lowest BCUT2D eigenvalue weighted by Crippen LogP contribution is -2.45. The fourth-order valence-electron chi connectivity index (χ4n) is 6.24. The molecule has 4 aliphatic carbocycles. The predicted octanol–water partition coefficient (Wildman–Crippen LogP) is 4.20. The van der Waals surface area contributed by atoms with Crippen LogP contribution < -0.4 is 4.90 Å². The molecule has 172 valence electrons. The summed E-state index contributed by atoms with van der Waals surface area (Å²) in [7, 11) is 0. The third-order valence-electron chi connectivity index (χ3n) is 7.95. The largest absolute Gasteiger partial charge is 0.295 e. The van der Waals surface area contributed by atoms with Gasteiger partial charge in [-0.3, -0.25) is 29.0 Å². The Kier molecular flexibility index (Phi) is 4.78. The van der Waals surface area contributed by atoms with Crippen LogP contribution in [0.1, 0.15) is 34.1 Å². The maximum atomic E-state index is 13.7. The molecule has 34 heavy (non-hydrogen) atoms. The first-order chi connectivity index (χ1) is 16.4. The van der Waals surface area contributed by atoms with E-state index in [1.165, 1.54) is 16.7 Å². The number of Topliss-reactive ketones (excluding diaryl/α,β-unsaturated/α-hetero) is 1. The molecule has 5 aliphatic rings. The van der Waals surface area contributed by atoms with E-state index in [2.05, 4.69) is 12.2 Å². The number of halogens is 1. The van der Waals surface area contributed by atoms with Crippen LogP contribution in [-0.4, -0.2) is 35.1 Å². The van der Waals surface area contributed by atoms with Crippen molar-refractivity contribution in [1.82, 2.24) is 4.90 Å². The minimum Gasteiger partial charge on any atom is -0.295 e. The molecular weight excluding hydrogens is 452 g/mol. The van der Waals surface area contributed by atoms with E-state index in [0.29, 0.717) is 23.1 Å². The lowest BCUT2D eigenvalue weighted by atomic mass is 9.63. The topological polar surface area (TPSA) is 74.8 Å². The molecule has 1 saturated heterocycles. The molecule has 3 fully saturated rings. The molecule has 0 N–H and O–H groups in total. The van der Waals surface area contributed by atoms with Crippen molar-refractivity contribution < 1.29 is 19.2 Å². The normalized spacial score (nSPS) is 30.2. The molecule has 3 amide bonds. The van der Waals surface area contributed by atoms with Gasteiger partial charge in [0, 0.05) is 11.3 Å². The van der Waals surface area contributed by atoms with E-state index in [4.69, 9.17) is 11.6 Å². The first kappa shape index (κ1) is 21.3. The van der Waals surface area contributed by atoms with Crippen molar-refractivity contribution in [2.75, 3.05) is 11.6 Å². The van der Waals surface area contributed by atoms with Crippen LogP contribution in [0, 0.1) is 35.5 Å². The number of hydrogen-bond acceptors (Lipinski definition) is 4. The van der Waals surface area contributed by atoms with Gasteiger partial charge in [-0.2, -0.15) is 0 Å². The second kappa shape index (κ2) is 7.64. The number of carbonyl (C=O) groups excluding carboxylic acids is 4. The summed E-state index contributed by atoms with van der Waals surface area (Å²) >= 11 is 6.32. The van der Waals surface area contributed by atoms with E-state index in [9.17, 15) is 19.2 Å². The summed E-state index contributed by atoms with van der Waals surface area (Å²) in [6.45, 7) is 1.23. The molecule has 0 radical (unpaired) electrons. The quantitative estimate of drug-likeness (QED) is 0.370. The number of rotatable bonds is 5. The van der Waals surface area contributed by atoms with Crippen LogP contribution in [0.3, 0.4) is 0 Å². The first-order valence-corrected chi connectivity index (χ1v) is 12.0. The van der Waals surface area contributed by atoms with Crippen molar-refractivity contribution in [3.8, 4) is 0 Å². The Morgan fingerprint density at radius 3 is 2.24 bits per heavy atom. The Morgan fingerprint density at radius 2 is 1.62 bits per heavy atom. The summed E-state index contributed by atoms with van der Waals surface area (Å²) in [5, 5.41) is 0.273. The number of allylic oxidation sites excluding steroid dienone is 2. The molecule has 7 rings (SSSR count). The van der Waals surface area contributed by atoms with Crippen LogP contribution in [0.2, 0.25) is 5.02 Å². The van der Waals surface area contributed by atoms with Crippen LogP contribution in [0.25, 0.3) is 0 Å². The van der Waals surface area contributed by atoms with Gasteiger partial charge in [-0.25, -0.2) is 0 Å². The number of imide groups is 1. The average Bonchev–Trinajstić information content (AvgIpc) is 3.62. The molecule has 0 spiro atoms. The molecule has 2 bridgehead atoms. The maximum absolute atomic E-state index is 13.7. The summed E-state index contributed by atoms with van der Waals surface area (Å²) in [6, 6.07) is 13.3. The number of hydrogen-bond donors (Lipinski definition) is 0. The fourth-order valence-corrected chi connectivity index (χ4v) is 6.45. The van der Waals surface area contributed by atoms with Crippen molar-refractivity contribution in [1.29, 1.82) is 0 Å². The van der Waals surface area contributed by atoms with Gasteiger partial charge in [-0.15, -0.1) is 0 Å². The highest BCUT2D eigenvalue weighted by atomic mass is 35.5. The minimum absolute atomic E-state index is 0.107. The minimum atomic E-state index is -0.439. The summed E-state index contributed by atoms with van der Waals surface area (Å²) in [5.74, 6) is -0.468. The van der Waals surface area contributed by atoms with Crippen LogP contribution >= 0.6 is 11.6 Å². The Hall–Kier alpha value is -3.25. The van der Waals surface area contributed by atoms with Crippen molar-refractivity contribution >= 4 is 40.8 Å². The smallest absolute Gasteiger partial charge is 0.261 e. The van der Waals surface area contributed by atoms with E-state index in [-0.39, 0.29) is 58.5 Å². The van der Waals surface area contributed by atoms with Crippen LogP contribution in [-0.2, 0) is 9.59 Å². The van der Waals surface area contributed by atoms with Gasteiger partial charge in [0.2, 0.25) is 11.8 Å². The van der Waals surface area contributed by atoms with Crippen LogP contribution in [0.4, 0.5) is 5.69 Å². The van der Waals surface area contributed by atoms with E-state index >= 15 is 0 Å². The number of nitrogens with zero attached hydrogens (tertiary/aromatic N) is 2. The Morgan fingerprint density at radius 1 is 0.971 bits per heavy atom. The SMILES string of the molecule is CC(=O)c1cccc(N(CN2C(=O)C3C4C=CC(C5CC45)C3C2=O)C(=O)c2ccccc2Cl)c1. The standard InChI is InChI=1S/C27H23ClN2O4/c1-14(31)15-5-4-6-16(11-15)29(25(32)19-7-2-3-8-22(19)28)13-30-26(33)23-17-9-10-18(21-12-20(17)21)24(23)27(30)34/h2-11,17-18,20-21,23-24H,12-13H2,1H3. The molecule has 7 heteroatoms. The molecule has 6 unspecified atom stereocenters. The summed E-state index contributed by atoms with van der Waals surface area (Å²) in [6.07, 6.45) is 5.33. The van der Waals surface area contributed by atoms with Gasteiger partial charge < -0.3 is 0 Å². The Bertz CT molecular complexity index is 1250. The number of amides is 3. The van der Waals surface area contributed by atoms with Crippen molar-refractivity contribution in [2.24, 2.45) is 35.5 Å². The highest BCUT2D eigenvalue weighted by molar-refractivity contribution is 6.34. The monoisotopic (exact) mass is 474 g/mol. The molecule has 2 aromatic carbocycles. The summed E-state index contributed by atoms with van der Waals surface area (Å²) in [4.78, 5) is 55.3. The third kappa shape index (κ3) is 3.08. The molecule has 0 aromatic heterocycles. The number of likely N-dealkylation sites (tertiary alicyclic amines) is 1. The van der Waals surface area contributed by atoms with Crippen LogP contribution in [0.5, 0.6) is 0 Å². The van der Waals surface area contributed by atoms with E-state index in [1.807, 2.05) is 0 Å². The fraction of sp³-hybridized carbons (Fsp3) is 0.333. The van der Waals surface area contributed by atoms with Gasteiger partial charge in [0.05, 0.1) is 22.4 Å². The maximum Gasteiger partial charge on any atom is 0.261 e. The molecule has 6 atom stereocenters. The van der Waals surface area contributed by atoms with Crippen molar-refractivity contribution in [2.45, 2.75) is 13.3 Å². The molecular formula is C27H23ClN2O4. The number of carbonyl (C=O) groups is 4. The second-order valence-electron chi connectivity index (χ2n) is 9.72. The van der Waals surface area contributed by atoms with Gasteiger partial charge in [0.25, 0.3) is 5.91 Å². The van der Waals surface area contributed by atoms with E-state index in [1.54, 1.807) is 48.5 Å². The number of benzene rings is 2. The zero-order chi connectivity index (χ0) is 23.7. The van der Waals surface area contributed by atoms with Crippen molar-refractivity contribution in [3.63, 3.8) is 0 Å². The molecule has 2 saturated carbocycles. The molecule has 2 aromatic rings. The zero-order valence-electron chi connectivity index (χ0n) is 18.6. The van der Waals surface area contributed by atoms with Crippen LogP contribution in [0.15, 0.2) is 60.7 Å².